The second kappa shape index (κ2) is 3.77. The highest BCUT2D eigenvalue weighted by Crippen LogP contribution is 2.40. The Morgan fingerprint density at radius 1 is 1.31 bits per heavy atom. The molecule has 2 fully saturated rings. The summed E-state index contributed by atoms with van der Waals surface area (Å²) in [4.78, 5) is 10.4. The van der Waals surface area contributed by atoms with E-state index in [1.54, 1.807) is 6.20 Å². The number of nitrogen functional groups attached to an aromatic ring is 1. The molecule has 2 aliphatic rings. The van der Waals surface area contributed by atoms with Crippen LogP contribution in [-0.4, -0.2) is 23.1 Å². The molecule has 0 aromatic carbocycles. The molecular formula is C11H15ClN4. The summed E-state index contributed by atoms with van der Waals surface area (Å²) in [6.07, 6.45) is 5.67. The second-order valence-electron chi connectivity index (χ2n) is 4.77. The highest BCUT2D eigenvalue weighted by molar-refractivity contribution is 6.28. The molecule has 0 radical (unpaired) electrons. The van der Waals surface area contributed by atoms with Crippen LogP contribution in [0, 0.1) is 11.8 Å². The van der Waals surface area contributed by atoms with Crippen molar-refractivity contribution < 1.29 is 0 Å². The Kier molecular flexibility index (Phi) is 2.39. The summed E-state index contributed by atoms with van der Waals surface area (Å²) in [5.41, 5.74) is 6.52. The van der Waals surface area contributed by atoms with Gasteiger partial charge in [0.25, 0.3) is 0 Å². The predicted octanol–water partition coefficient (Wildman–Crippen LogP) is 1.95. The Bertz CT molecular complexity index is 397. The third-order valence-electron chi connectivity index (χ3n) is 3.79. The van der Waals surface area contributed by atoms with Crippen LogP contribution in [0.4, 0.5) is 11.5 Å². The second-order valence-corrected chi connectivity index (χ2v) is 5.11. The van der Waals surface area contributed by atoms with Gasteiger partial charge in [-0.05, 0) is 36.3 Å². The molecule has 2 heterocycles. The van der Waals surface area contributed by atoms with Gasteiger partial charge < -0.3 is 10.6 Å². The van der Waals surface area contributed by atoms with Gasteiger partial charge >= 0.3 is 0 Å². The molecule has 0 spiro atoms. The van der Waals surface area contributed by atoms with Gasteiger partial charge in [0.1, 0.15) is 0 Å². The first-order chi connectivity index (χ1) is 7.74. The first-order valence-electron chi connectivity index (χ1n) is 5.77. The van der Waals surface area contributed by atoms with Crippen molar-refractivity contribution in [1.82, 2.24) is 9.97 Å². The highest BCUT2D eigenvalue weighted by atomic mass is 35.5. The van der Waals surface area contributed by atoms with E-state index in [9.17, 15) is 0 Å². The average molecular weight is 239 g/mol. The van der Waals surface area contributed by atoms with Crippen molar-refractivity contribution in [2.24, 2.45) is 11.8 Å². The first kappa shape index (κ1) is 10.1. The minimum Gasteiger partial charge on any atom is -0.394 e. The van der Waals surface area contributed by atoms with Crippen molar-refractivity contribution in [2.75, 3.05) is 23.7 Å². The van der Waals surface area contributed by atoms with Gasteiger partial charge in [0.15, 0.2) is 5.82 Å². The lowest BCUT2D eigenvalue weighted by Crippen LogP contribution is -2.23. The summed E-state index contributed by atoms with van der Waals surface area (Å²) < 4.78 is 0. The van der Waals surface area contributed by atoms with Crippen molar-refractivity contribution in [3.8, 4) is 0 Å². The minimum atomic E-state index is 0.279. The number of aromatic nitrogens is 2. The number of nitrogens with zero attached hydrogens (tertiary/aromatic N) is 3. The quantitative estimate of drug-likeness (QED) is 0.760. The molecular weight excluding hydrogens is 224 g/mol. The third-order valence-corrected chi connectivity index (χ3v) is 3.97. The fraction of sp³-hybridized carbons (Fsp3) is 0.636. The van der Waals surface area contributed by atoms with E-state index in [1.807, 2.05) is 0 Å². The number of fused-ring (bicyclic) bond motifs is 1. The monoisotopic (exact) mass is 238 g/mol. The van der Waals surface area contributed by atoms with Gasteiger partial charge in [0.05, 0.1) is 11.9 Å². The van der Waals surface area contributed by atoms with Crippen LogP contribution in [0.1, 0.15) is 19.3 Å². The lowest BCUT2D eigenvalue weighted by Gasteiger charge is -2.19. The Morgan fingerprint density at radius 2 is 2.00 bits per heavy atom. The van der Waals surface area contributed by atoms with Crippen LogP contribution < -0.4 is 10.6 Å². The van der Waals surface area contributed by atoms with Crippen LogP contribution in [0.25, 0.3) is 0 Å². The van der Waals surface area contributed by atoms with Gasteiger partial charge in [-0.3, -0.25) is 0 Å². The standard InChI is InChI=1S/C11H15ClN4/c12-11-14-4-9(13)10(15-11)16-5-7-2-1-3-8(7)6-16/h4,7-8H,1-3,5-6,13H2. The molecule has 3 rings (SSSR count). The number of halogens is 1. The Hall–Kier alpha value is -1.03. The molecule has 86 valence electrons. The van der Waals surface area contributed by atoms with Gasteiger partial charge in [-0.15, -0.1) is 0 Å². The topological polar surface area (TPSA) is 55.0 Å². The molecule has 0 amide bonds. The third kappa shape index (κ3) is 1.61. The maximum Gasteiger partial charge on any atom is 0.224 e. The zero-order chi connectivity index (χ0) is 11.1. The molecule has 2 unspecified atom stereocenters. The summed E-state index contributed by atoms with van der Waals surface area (Å²) in [6.45, 7) is 2.14. The Labute approximate surface area is 99.8 Å². The lowest BCUT2D eigenvalue weighted by molar-refractivity contribution is 0.494. The van der Waals surface area contributed by atoms with E-state index in [1.165, 1.54) is 19.3 Å². The predicted molar refractivity (Wildman–Crippen MR) is 64.5 cm³/mol. The zero-order valence-electron chi connectivity index (χ0n) is 9.06. The normalized spacial score (nSPS) is 28.4. The number of anilines is 2. The van der Waals surface area contributed by atoms with E-state index in [0.717, 1.165) is 30.7 Å². The lowest BCUT2D eigenvalue weighted by atomic mass is 10.0. The Balaban J connectivity index is 1.85. The number of nitrogens with two attached hydrogens (primary N) is 1. The summed E-state index contributed by atoms with van der Waals surface area (Å²) in [7, 11) is 0. The molecule has 1 aromatic heterocycles. The smallest absolute Gasteiger partial charge is 0.224 e. The number of hydrogen-bond acceptors (Lipinski definition) is 4. The van der Waals surface area contributed by atoms with E-state index < -0.39 is 0 Å². The molecule has 1 aliphatic heterocycles. The van der Waals surface area contributed by atoms with E-state index >= 15 is 0 Å². The maximum absolute atomic E-state index is 5.89. The fourth-order valence-corrected chi connectivity index (χ4v) is 3.15. The molecule has 4 nitrogen and oxygen atoms in total. The molecule has 1 saturated heterocycles. The van der Waals surface area contributed by atoms with Gasteiger partial charge in [-0.2, -0.15) is 4.98 Å². The molecule has 16 heavy (non-hydrogen) atoms. The van der Waals surface area contributed by atoms with Crippen molar-refractivity contribution in [1.29, 1.82) is 0 Å². The molecule has 1 saturated carbocycles. The number of hydrogen-bond donors (Lipinski definition) is 1. The largest absolute Gasteiger partial charge is 0.394 e. The van der Waals surface area contributed by atoms with E-state index in [-0.39, 0.29) is 5.28 Å². The first-order valence-corrected chi connectivity index (χ1v) is 6.15. The summed E-state index contributed by atoms with van der Waals surface area (Å²) in [6, 6.07) is 0. The highest BCUT2D eigenvalue weighted by Gasteiger charge is 2.37. The molecule has 1 aliphatic carbocycles. The average Bonchev–Trinajstić information content (AvgIpc) is 2.81. The molecule has 2 atom stereocenters. The number of rotatable bonds is 1. The van der Waals surface area contributed by atoms with E-state index in [0.29, 0.717) is 5.69 Å². The zero-order valence-corrected chi connectivity index (χ0v) is 9.82. The van der Waals surface area contributed by atoms with E-state index in [2.05, 4.69) is 14.9 Å². The van der Waals surface area contributed by atoms with Crippen molar-refractivity contribution in [2.45, 2.75) is 19.3 Å². The van der Waals surface area contributed by atoms with Gasteiger partial charge in [-0.25, -0.2) is 4.98 Å². The van der Waals surface area contributed by atoms with E-state index in [4.69, 9.17) is 17.3 Å². The van der Waals surface area contributed by atoms with Gasteiger partial charge in [0.2, 0.25) is 5.28 Å². The van der Waals surface area contributed by atoms with Crippen molar-refractivity contribution in [3.63, 3.8) is 0 Å². The summed E-state index contributed by atoms with van der Waals surface area (Å²) >= 11 is 5.81. The van der Waals surface area contributed by atoms with Gasteiger partial charge in [0, 0.05) is 13.1 Å². The van der Waals surface area contributed by atoms with Crippen LogP contribution >= 0.6 is 11.6 Å². The maximum atomic E-state index is 5.89. The molecule has 1 aromatic rings. The minimum absolute atomic E-state index is 0.279. The van der Waals surface area contributed by atoms with Crippen molar-refractivity contribution in [3.05, 3.63) is 11.5 Å². The van der Waals surface area contributed by atoms with Crippen LogP contribution in [0.2, 0.25) is 5.28 Å². The Morgan fingerprint density at radius 3 is 2.69 bits per heavy atom. The van der Waals surface area contributed by atoms with Crippen LogP contribution in [0.3, 0.4) is 0 Å². The fourth-order valence-electron chi connectivity index (χ4n) is 3.02. The van der Waals surface area contributed by atoms with Crippen LogP contribution in [-0.2, 0) is 0 Å². The molecule has 0 bridgehead atoms. The van der Waals surface area contributed by atoms with Crippen molar-refractivity contribution >= 4 is 23.1 Å². The van der Waals surface area contributed by atoms with Crippen LogP contribution in [0.15, 0.2) is 6.20 Å². The molecule has 2 N–H and O–H groups in total. The summed E-state index contributed by atoms with van der Waals surface area (Å²) in [5, 5.41) is 0.279. The summed E-state index contributed by atoms with van der Waals surface area (Å²) in [5.74, 6) is 2.47. The van der Waals surface area contributed by atoms with Crippen LogP contribution in [0.5, 0.6) is 0 Å². The SMILES string of the molecule is Nc1cnc(Cl)nc1N1CC2CCCC2C1. The molecule has 5 heteroatoms. The van der Waals surface area contributed by atoms with Gasteiger partial charge in [-0.1, -0.05) is 6.42 Å².